The molecule has 0 saturated heterocycles. The zero-order valence-corrected chi connectivity index (χ0v) is 11.3. The number of hydrogen-bond acceptors (Lipinski definition) is 4. The molecule has 3 heterocycles. The average molecular weight is 266 g/mol. The van der Waals surface area contributed by atoms with Gasteiger partial charge in [-0.2, -0.15) is 0 Å². The highest BCUT2D eigenvalue weighted by Gasteiger charge is 2.16. The van der Waals surface area contributed by atoms with E-state index in [0.29, 0.717) is 17.0 Å². The predicted molar refractivity (Wildman–Crippen MR) is 76.6 cm³/mol. The Morgan fingerprint density at radius 1 is 1.20 bits per heavy atom. The summed E-state index contributed by atoms with van der Waals surface area (Å²) in [7, 11) is 0. The van der Waals surface area contributed by atoms with Crippen LogP contribution in [0.1, 0.15) is 35.8 Å². The minimum Gasteiger partial charge on any atom is -0.345 e. The first-order chi connectivity index (χ1) is 9.70. The summed E-state index contributed by atoms with van der Waals surface area (Å²) in [5.74, 6) is 0.846. The van der Waals surface area contributed by atoms with E-state index >= 15 is 0 Å². The number of pyridine rings is 1. The molecule has 0 fully saturated rings. The van der Waals surface area contributed by atoms with Crippen LogP contribution in [0.4, 0.5) is 0 Å². The number of nitrogens with zero attached hydrogens (tertiary/aromatic N) is 3. The Balaban J connectivity index is 2.30. The molecule has 100 valence electrons. The van der Waals surface area contributed by atoms with E-state index in [4.69, 9.17) is 0 Å². The number of aldehydes is 1. The van der Waals surface area contributed by atoms with Gasteiger partial charge in [0, 0.05) is 29.7 Å². The van der Waals surface area contributed by atoms with Gasteiger partial charge in [0.1, 0.15) is 5.65 Å². The summed E-state index contributed by atoms with van der Waals surface area (Å²) in [6.45, 7) is 4.11. The van der Waals surface area contributed by atoms with Crippen LogP contribution in [0.3, 0.4) is 0 Å². The first-order valence-corrected chi connectivity index (χ1v) is 6.45. The number of nitrogens with one attached hydrogen (secondary N) is 1. The normalized spacial score (nSPS) is 11.2. The number of aromatic amines is 1. The minimum atomic E-state index is 0.204. The molecule has 3 rings (SSSR count). The van der Waals surface area contributed by atoms with Crippen molar-refractivity contribution >= 4 is 17.3 Å². The van der Waals surface area contributed by atoms with Crippen molar-refractivity contribution in [2.75, 3.05) is 0 Å². The molecule has 5 heteroatoms. The summed E-state index contributed by atoms with van der Waals surface area (Å²) in [5.41, 5.74) is 3.08. The summed E-state index contributed by atoms with van der Waals surface area (Å²) in [6, 6.07) is 3.74. The Morgan fingerprint density at radius 3 is 2.60 bits per heavy atom. The summed E-state index contributed by atoms with van der Waals surface area (Å²) in [5, 5.41) is 0.813. The van der Waals surface area contributed by atoms with Gasteiger partial charge in [0.25, 0.3) is 0 Å². The van der Waals surface area contributed by atoms with Crippen molar-refractivity contribution in [3.05, 3.63) is 42.0 Å². The average Bonchev–Trinajstić information content (AvgIpc) is 2.90. The van der Waals surface area contributed by atoms with Crippen molar-refractivity contribution in [1.29, 1.82) is 0 Å². The third-order valence-corrected chi connectivity index (χ3v) is 3.20. The van der Waals surface area contributed by atoms with Gasteiger partial charge in [-0.15, -0.1) is 0 Å². The van der Waals surface area contributed by atoms with Crippen LogP contribution < -0.4 is 0 Å². The smallest absolute Gasteiger partial charge is 0.161 e. The van der Waals surface area contributed by atoms with Gasteiger partial charge in [0.05, 0.1) is 11.1 Å². The van der Waals surface area contributed by atoms with Gasteiger partial charge in [0.2, 0.25) is 0 Å². The van der Waals surface area contributed by atoms with Crippen LogP contribution in [0.2, 0.25) is 0 Å². The molecule has 1 N–H and O–H groups in total. The second-order valence-corrected chi connectivity index (χ2v) is 4.91. The lowest BCUT2D eigenvalue weighted by molar-refractivity contribution is 0.112. The van der Waals surface area contributed by atoms with Crippen LogP contribution in [0.5, 0.6) is 0 Å². The topological polar surface area (TPSA) is 71.5 Å². The van der Waals surface area contributed by atoms with E-state index < -0.39 is 0 Å². The van der Waals surface area contributed by atoms with Crippen molar-refractivity contribution in [1.82, 2.24) is 19.9 Å². The van der Waals surface area contributed by atoms with Gasteiger partial charge in [-0.1, -0.05) is 13.8 Å². The Bertz CT molecular complexity index is 762. The zero-order chi connectivity index (χ0) is 14.1. The maximum Gasteiger partial charge on any atom is 0.161 e. The van der Waals surface area contributed by atoms with E-state index in [1.54, 1.807) is 18.6 Å². The molecule has 3 aromatic rings. The zero-order valence-electron chi connectivity index (χ0n) is 11.3. The highest BCUT2D eigenvalue weighted by Crippen LogP contribution is 2.27. The molecule has 0 amide bonds. The molecule has 3 aromatic heterocycles. The standard InChI is InChI=1S/C15H14N4O/c1-9(2)13-12-11(8-20)7-17-15(12)19-14(18-13)10-3-5-16-6-4-10/h3-9H,1-2H3,(H,17,18,19). The van der Waals surface area contributed by atoms with Crippen LogP contribution in [0.15, 0.2) is 30.7 Å². The number of aromatic nitrogens is 4. The maximum atomic E-state index is 11.1. The SMILES string of the molecule is CC(C)c1nc(-c2ccncc2)nc2[nH]cc(C=O)c12. The number of carbonyl (C=O) groups excluding carboxylic acids is 1. The van der Waals surface area contributed by atoms with E-state index in [1.807, 2.05) is 12.1 Å². The molecule has 20 heavy (non-hydrogen) atoms. The minimum absolute atomic E-state index is 0.204. The Hall–Kier alpha value is -2.56. The fraction of sp³-hybridized carbons (Fsp3) is 0.200. The predicted octanol–water partition coefficient (Wildman–Crippen LogP) is 2.96. The van der Waals surface area contributed by atoms with Crippen LogP contribution in [0.25, 0.3) is 22.4 Å². The Labute approximate surface area is 116 Å². The third kappa shape index (κ3) is 1.97. The fourth-order valence-electron chi connectivity index (χ4n) is 2.23. The van der Waals surface area contributed by atoms with E-state index in [0.717, 1.165) is 22.9 Å². The lowest BCUT2D eigenvalue weighted by Gasteiger charge is -2.09. The van der Waals surface area contributed by atoms with E-state index in [2.05, 4.69) is 33.8 Å². The lowest BCUT2D eigenvalue weighted by atomic mass is 10.0. The molecule has 0 spiro atoms. The van der Waals surface area contributed by atoms with Crippen molar-refractivity contribution in [3.63, 3.8) is 0 Å². The molecular weight excluding hydrogens is 252 g/mol. The van der Waals surface area contributed by atoms with Crippen LogP contribution in [-0.4, -0.2) is 26.2 Å². The van der Waals surface area contributed by atoms with E-state index in [9.17, 15) is 4.79 Å². The largest absolute Gasteiger partial charge is 0.345 e. The highest BCUT2D eigenvalue weighted by atomic mass is 16.1. The van der Waals surface area contributed by atoms with Gasteiger partial charge >= 0.3 is 0 Å². The highest BCUT2D eigenvalue weighted by molar-refractivity contribution is 5.97. The molecule has 0 aliphatic rings. The van der Waals surface area contributed by atoms with Crippen molar-refractivity contribution in [2.45, 2.75) is 19.8 Å². The number of rotatable bonds is 3. The molecule has 0 aromatic carbocycles. The maximum absolute atomic E-state index is 11.1. The van der Waals surface area contributed by atoms with E-state index in [1.165, 1.54) is 0 Å². The van der Waals surface area contributed by atoms with Gasteiger partial charge in [-0.25, -0.2) is 9.97 Å². The van der Waals surface area contributed by atoms with Gasteiger partial charge in [-0.3, -0.25) is 9.78 Å². The van der Waals surface area contributed by atoms with E-state index in [-0.39, 0.29) is 5.92 Å². The number of carbonyl (C=O) groups is 1. The number of H-pyrrole nitrogens is 1. The second-order valence-electron chi connectivity index (χ2n) is 4.91. The number of hydrogen-bond donors (Lipinski definition) is 1. The van der Waals surface area contributed by atoms with Gasteiger partial charge in [0.15, 0.2) is 12.1 Å². The molecule has 0 bridgehead atoms. The first kappa shape index (κ1) is 12.5. The Morgan fingerprint density at radius 2 is 1.95 bits per heavy atom. The molecule has 5 nitrogen and oxygen atoms in total. The third-order valence-electron chi connectivity index (χ3n) is 3.20. The molecule has 0 aliphatic heterocycles. The van der Waals surface area contributed by atoms with Crippen molar-refractivity contribution < 1.29 is 4.79 Å². The molecule has 0 unspecified atom stereocenters. The first-order valence-electron chi connectivity index (χ1n) is 6.45. The second kappa shape index (κ2) is 4.85. The quantitative estimate of drug-likeness (QED) is 0.740. The lowest BCUT2D eigenvalue weighted by Crippen LogP contribution is -2.00. The molecule has 0 saturated carbocycles. The molecular formula is C15H14N4O. The van der Waals surface area contributed by atoms with Crippen LogP contribution in [0, 0.1) is 0 Å². The summed E-state index contributed by atoms with van der Waals surface area (Å²) in [6.07, 6.45) is 5.93. The molecule has 0 atom stereocenters. The van der Waals surface area contributed by atoms with Gasteiger partial charge < -0.3 is 4.98 Å². The van der Waals surface area contributed by atoms with Crippen molar-refractivity contribution in [3.8, 4) is 11.4 Å². The van der Waals surface area contributed by atoms with Crippen molar-refractivity contribution in [2.24, 2.45) is 0 Å². The molecule has 0 aliphatic carbocycles. The Kier molecular flexibility index (Phi) is 3.02. The summed E-state index contributed by atoms with van der Waals surface area (Å²) >= 11 is 0. The molecule has 0 radical (unpaired) electrons. The monoisotopic (exact) mass is 266 g/mol. The summed E-state index contributed by atoms with van der Waals surface area (Å²) in [4.78, 5) is 27.3. The van der Waals surface area contributed by atoms with Crippen LogP contribution in [-0.2, 0) is 0 Å². The summed E-state index contributed by atoms with van der Waals surface area (Å²) < 4.78 is 0. The van der Waals surface area contributed by atoms with Gasteiger partial charge in [-0.05, 0) is 18.1 Å². The number of fused-ring (bicyclic) bond motifs is 1. The fourth-order valence-corrected chi connectivity index (χ4v) is 2.23. The van der Waals surface area contributed by atoms with Crippen LogP contribution >= 0.6 is 0 Å².